The van der Waals surface area contributed by atoms with Gasteiger partial charge in [-0.1, -0.05) is 30.3 Å². The van der Waals surface area contributed by atoms with Crippen LogP contribution in [0.5, 0.6) is 0 Å². The number of thiocarbonyl (C=S) groups is 1. The standard InChI is InChI=1S/C12H12N4S/c13-12(17)16-11-9(6-7-14-11)10(15-16)8-4-2-1-3-5-8/h1-5,14H,6-7H2,(H2,13,17). The quantitative estimate of drug-likeness (QED) is 0.748. The Balaban J connectivity index is 2.19. The van der Waals surface area contributed by atoms with Gasteiger partial charge in [0.1, 0.15) is 5.82 Å². The first-order valence-corrected chi connectivity index (χ1v) is 5.89. The van der Waals surface area contributed by atoms with Gasteiger partial charge >= 0.3 is 0 Å². The zero-order chi connectivity index (χ0) is 11.8. The molecule has 0 atom stereocenters. The molecule has 86 valence electrons. The van der Waals surface area contributed by atoms with Crippen molar-refractivity contribution in [2.75, 3.05) is 11.9 Å². The van der Waals surface area contributed by atoms with E-state index in [-0.39, 0.29) is 5.11 Å². The van der Waals surface area contributed by atoms with Gasteiger partial charge in [-0.15, -0.1) is 0 Å². The van der Waals surface area contributed by atoms with E-state index in [0.29, 0.717) is 0 Å². The number of hydrogen-bond acceptors (Lipinski definition) is 3. The second-order valence-electron chi connectivity index (χ2n) is 3.97. The fraction of sp³-hybridized carbons (Fsp3) is 0.167. The van der Waals surface area contributed by atoms with Gasteiger partial charge in [0.25, 0.3) is 0 Å². The van der Waals surface area contributed by atoms with Crippen LogP contribution in [0.3, 0.4) is 0 Å². The normalized spacial score (nSPS) is 13.2. The van der Waals surface area contributed by atoms with Crippen LogP contribution in [0, 0.1) is 0 Å². The summed E-state index contributed by atoms with van der Waals surface area (Å²) in [5, 5.41) is 8.04. The summed E-state index contributed by atoms with van der Waals surface area (Å²) < 4.78 is 1.61. The molecule has 0 saturated heterocycles. The lowest BCUT2D eigenvalue weighted by Crippen LogP contribution is -2.22. The summed E-state index contributed by atoms with van der Waals surface area (Å²) in [7, 11) is 0. The molecule has 1 aliphatic rings. The largest absolute Gasteiger partial charge is 0.374 e. The third-order valence-electron chi connectivity index (χ3n) is 2.91. The summed E-state index contributed by atoms with van der Waals surface area (Å²) in [5.41, 5.74) is 8.94. The van der Waals surface area contributed by atoms with E-state index in [1.165, 1.54) is 5.56 Å². The van der Waals surface area contributed by atoms with Crippen molar-refractivity contribution in [3.63, 3.8) is 0 Å². The highest BCUT2D eigenvalue weighted by molar-refractivity contribution is 7.80. The molecular weight excluding hydrogens is 232 g/mol. The van der Waals surface area contributed by atoms with E-state index in [9.17, 15) is 0 Å². The fourth-order valence-electron chi connectivity index (χ4n) is 2.16. The van der Waals surface area contributed by atoms with E-state index in [0.717, 1.165) is 30.0 Å². The molecule has 0 saturated carbocycles. The molecule has 0 bridgehead atoms. The lowest BCUT2D eigenvalue weighted by Gasteiger charge is -2.02. The Morgan fingerprint density at radius 3 is 2.82 bits per heavy atom. The van der Waals surface area contributed by atoms with Gasteiger partial charge in [0.2, 0.25) is 0 Å². The van der Waals surface area contributed by atoms with Crippen LogP contribution in [0.2, 0.25) is 0 Å². The summed E-state index contributed by atoms with van der Waals surface area (Å²) in [5.74, 6) is 0.941. The Morgan fingerprint density at radius 1 is 1.35 bits per heavy atom. The van der Waals surface area contributed by atoms with E-state index in [2.05, 4.69) is 10.4 Å². The van der Waals surface area contributed by atoms with Gasteiger partial charge in [-0.2, -0.15) is 9.78 Å². The maximum Gasteiger partial charge on any atom is 0.193 e. The number of aromatic nitrogens is 2. The molecule has 0 amide bonds. The maximum atomic E-state index is 5.67. The van der Waals surface area contributed by atoms with E-state index >= 15 is 0 Å². The van der Waals surface area contributed by atoms with Crippen LogP contribution >= 0.6 is 12.2 Å². The number of nitrogens with two attached hydrogens (primary N) is 1. The average molecular weight is 244 g/mol. The number of anilines is 1. The van der Waals surface area contributed by atoms with Gasteiger partial charge in [0, 0.05) is 17.7 Å². The predicted octanol–water partition coefficient (Wildman–Crippen LogP) is 1.61. The summed E-state index contributed by atoms with van der Waals surface area (Å²) in [4.78, 5) is 0. The van der Waals surface area contributed by atoms with E-state index in [1.54, 1.807) is 4.68 Å². The van der Waals surface area contributed by atoms with Crippen LogP contribution in [0.15, 0.2) is 30.3 Å². The molecule has 0 spiro atoms. The monoisotopic (exact) mass is 244 g/mol. The van der Waals surface area contributed by atoms with Crippen LogP contribution in [0.4, 0.5) is 5.82 Å². The lowest BCUT2D eigenvalue weighted by atomic mass is 10.1. The number of rotatable bonds is 1. The van der Waals surface area contributed by atoms with Gasteiger partial charge in [-0.3, -0.25) is 0 Å². The van der Waals surface area contributed by atoms with Crippen molar-refractivity contribution in [3.8, 4) is 11.3 Å². The zero-order valence-corrected chi connectivity index (χ0v) is 10.00. The van der Waals surface area contributed by atoms with Gasteiger partial charge in [0.05, 0.1) is 5.69 Å². The minimum absolute atomic E-state index is 0.276. The molecule has 2 aromatic rings. The number of hydrogen-bond donors (Lipinski definition) is 2. The van der Waals surface area contributed by atoms with Gasteiger partial charge in [0.15, 0.2) is 5.11 Å². The molecule has 3 rings (SSSR count). The molecule has 5 heteroatoms. The highest BCUT2D eigenvalue weighted by Crippen LogP contribution is 2.32. The Bertz CT molecular complexity index is 574. The molecule has 4 nitrogen and oxygen atoms in total. The molecule has 0 fully saturated rings. The van der Waals surface area contributed by atoms with Crippen molar-refractivity contribution < 1.29 is 0 Å². The van der Waals surface area contributed by atoms with E-state index < -0.39 is 0 Å². The van der Waals surface area contributed by atoms with Crippen LogP contribution in [-0.2, 0) is 6.42 Å². The van der Waals surface area contributed by atoms with Crippen molar-refractivity contribution in [2.24, 2.45) is 5.73 Å². The number of benzene rings is 1. The third kappa shape index (κ3) is 1.59. The molecule has 1 aliphatic heterocycles. The minimum atomic E-state index is 0.276. The molecule has 2 heterocycles. The number of nitrogens with zero attached hydrogens (tertiary/aromatic N) is 2. The third-order valence-corrected chi connectivity index (χ3v) is 3.08. The number of fused-ring (bicyclic) bond motifs is 1. The molecular formula is C12H12N4S. The molecule has 1 aromatic carbocycles. The van der Waals surface area contributed by atoms with Crippen LogP contribution in [-0.4, -0.2) is 21.4 Å². The smallest absolute Gasteiger partial charge is 0.193 e. The Morgan fingerprint density at radius 2 is 2.12 bits per heavy atom. The molecule has 0 aliphatic carbocycles. The highest BCUT2D eigenvalue weighted by Gasteiger charge is 2.23. The second-order valence-corrected chi connectivity index (χ2v) is 4.39. The summed E-state index contributed by atoms with van der Waals surface area (Å²) >= 11 is 5.00. The van der Waals surface area contributed by atoms with Crippen molar-refractivity contribution >= 4 is 23.1 Å². The first-order chi connectivity index (χ1) is 8.27. The topological polar surface area (TPSA) is 55.9 Å². The molecule has 3 N–H and O–H groups in total. The second kappa shape index (κ2) is 3.85. The van der Waals surface area contributed by atoms with Crippen LogP contribution in [0.25, 0.3) is 11.3 Å². The summed E-state index contributed by atoms with van der Waals surface area (Å²) in [6.45, 7) is 0.912. The summed E-state index contributed by atoms with van der Waals surface area (Å²) in [6, 6.07) is 10.1. The first-order valence-electron chi connectivity index (χ1n) is 5.48. The highest BCUT2D eigenvalue weighted by atomic mass is 32.1. The van der Waals surface area contributed by atoms with Crippen molar-refractivity contribution in [1.82, 2.24) is 9.78 Å². The molecule has 1 aromatic heterocycles. The Hall–Kier alpha value is -1.88. The van der Waals surface area contributed by atoms with Crippen LogP contribution < -0.4 is 11.1 Å². The Labute approximate surface area is 104 Å². The first kappa shape index (κ1) is 10.3. The minimum Gasteiger partial charge on any atom is -0.374 e. The van der Waals surface area contributed by atoms with Crippen molar-refractivity contribution in [2.45, 2.75) is 6.42 Å². The van der Waals surface area contributed by atoms with E-state index in [4.69, 9.17) is 18.0 Å². The maximum absolute atomic E-state index is 5.67. The van der Waals surface area contributed by atoms with Gasteiger partial charge in [-0.05, 0) is 18.6 Å². The predicted molar refractivity (Wildman–Crippen MR) is 72.0 cm³/mol. The zero-order valence-electron chi connectivity index (χ0n) is 9.18. The van der Waals surface area contributed by atoms with Crippen molar-refractivity contribution in [3.05, 3.63) is 35.9 Å². The molecule has 17 heavy (non-hydrogen) atoms. The fourth-order valence-corrected chi connectivity index (χ4v) is 2.29. The SMILES string of the molecule is NC(=S)n1nc(-c2ccccc2)c2c1NCC2. The molecule has 0 unspecified atom stereocenters. The molecule has 0 radical (unpaired) electrons. The number of nitrogens with one attached hydrogen (secondary N) is 1. The summed E-state index contributed by atoms with van der Waals surface area (Å²) in [6.07, 6.45) is 0.960. The van der Waals surface area contributed by atoms with Crippen LogP contribution in [0.1, 0.15) is 5.56 Å². The lowest BCUT2D eigenvalue weighted by molar-refractivity contribution is 0.935. The van der Waals surface area contributed by atoms with E-state index in [1.807, 2.05) is 30.3 Å². The van der Waals surface area contributed by atoms with Gasteiger partial charge in [-0.25, -0.2) is 0 Å². The average Bonchev–Trinajstić information content (AvgIpc) is 2.90. The van der Waals surface area contributed by atoms with Gasteiger partial charge < -0.3 is 11.1 Å². The van der Waals surface area contributed by atoms with Crippen molar-refractivity contribution in [1.29, 1.82) is 0 Å². The Kier molecular flexibility index (Phi) is 2.33.